The van der Waals surface area contributed by atoms with Crippen molar-refractivity contribution in [3.05, 3.63) is 30.3 Å². The molecule has 1 atom stereocenters. The first-order chi connectivity index (χ1) is 10.1. The number of hydrogen-bond acceptors (Lipinski definition) is 4. The van der Waals surface area contributed by atoms with Crippen LogP contribution in [-0.2, 0) is 4.74 Å². The van der Waals surface area contributed by atoms with Gasteiger partial charge < -0.3 is 9.64 Å². The number of aromatic nitrogens is 2. The number of hydrogen-bond donors (Lipinski definition) is 0. The van der Waals surface area contributed by atoms with Crippen molar-refractivity contribution in [3.8, 4) is 0 Å². The molecule has 1 aliphatic rings. The van der Waals surface area contributed by atoms with Gasteiger partial charge in [0.05, 0.1) is 24.8 Å². The second kappa shape index (κ2) is 5.93. The highest BCUT2D eigenvalue weighted by atomic mass is 19.1. The molecule has 0 radical (unpaired) electrons. The largest absolute Gasteiger partial charge is 0.377 e. The predicted octanol–water partition coefficient (Wildman–Crippen LogP) is 3.02. The van der Waals surface area contributed by atoms with Gasteiger partial charge >= 0.3 is 0 Å². The topological polar surface area (TPSA) is 38.2 Å². The van der Waals surface area contributed by atoms with Crippen molar-refractivity contribution < 1.29 is 9.13 Å². The molecule has 4 nitrogen and oxygen atoms in total. The second-order valence-electron chi connectivity index (χ2n) is 5.91. The first-order valence-electron chi connectivity index (χ1n) is 7.40. The Labute approximate surface area is 124 Å². The molecule has 1 aromatic heterocycles. The summed E-state index contributed by atoms with van der Waals surface area (Å²) >= 11 is 0. The van der Waals surface area contributed by atoms with Crippen LogP contribution in [0.25, 0.3) is 10.9 Å². The molecule has 21 heavy (non-hydrogen) atoms. The lowest BCUT2D eigenvalue weighted by Gasteiger charge is -2.37. The van der Waals surface area contributed by atoms with Crippen LogP contribution in [0.4, 0.5) is 10.2 Å². The summed E-state index contributed by atoms with van der Waals surface area (Å²) in [6.45, 7) is 6.55. The first-order valence-corrected chi connectivity index (χ1v) is 7.40. The van der Waals surface area contributed by atoms with Crippen LogP contribution in [0.1, 0.15) is 20.3 Å². The van der Waals surface area contributed by atoms with Crippen LogP contribution >= 0.6 is 0 Å². The normalized spacial score (nSPS) is 19.4. The molecule has 0 spiro atoms. The molecule has 0 saturated carbocycles. The van der Waals surface area contributed by atoms with Gasteiger partial charge in [0.15, 0.2) is 0 Å². The Morgan fingerprint density at radius 3 is 3.05 bits per heavy atom. The van der Waals surface area contributed by atoms with Crippen molar-refractivity contribution in [2.24, 2.45) is 5.92 Å². The maximum atomic E-state index is 13.6. The Morgan fingerprint density at radius 1 is 1.38 bits per heavy atom. The smallest absolute Gasteiger partial charge is 0.140 e. The summed E-state index contributed by atoms with van der Waals surface area (Å²) in [4.78, 5) is 10.9. The summed E-state index contributed by atoms with van der Waals surface area (Å²) in [7, 11) is 0. The number of fused-ring (bicyclic) bond motifs is 1. The molecule has 0 N–H and O–H groups in total. The van der Waals surface area contributed by atoms with Crippen molar-refractivity contribution in [1.29, 1.82) is 0 Å². The van der Waals surface area contributed by atoms with Crippen molar-refractivity contribution in [3.63, 3.8) is 0 Å². The molecule has 2 heterocycles. The fourth-order valence-corrected chi connectivity index (χ4v) is 2.92. The Hall–Kier alpha value is -1.75. The van der Waals surface area contributed by atoms with E-state index in [9.17, 15) is 4.39 Å². The summed E-state index contributed by atoms with van der Waals surface area (Å²) in [6, 6.07) is 4.93. The number of benzene rings is 1. The molecular formula is C16H20FN3O. The molecule has 1 fully saturated rings. The minimum atomic E-state index is -0.257. The summed E-state index contributed by atoms with van der Waals surface area (Å²) in [5.41, 5.74) is 0.774. The standard InChI is InChI=1S/C16H20FN3O/c1-11(2)7-13-9-21-6-5-20(13)16-14-8-12(17)3-4-15(14)18-10-19-16/h3-4,8,10-11,13H,5-7,9H2,1-2H3. The van der Waals surface area contributed by atoms with E-state index in [0.29, 0.717) is 19.1 Å². The number of ether oxygens (including phenoxy) is 1. The van der Waals surface area contributed by atoms with Crippen LogP contribution in [0.15, 0.2) is 24.5 Å². The number of nitrogens with zero attached hydrogens (tertiary/aromatic N) is 3. The van der Waals surface area contributed by atoms with Gasteiger partial charge in [-0.3, -0.25) is 0 Å². The Bertz CT molecular complexity index is 632. The van der Waals surface area contributed by atoms with E-state index in [2.05, 4.69) is 28.7 Å². The zero-order valence-electron chi connectivity index (χ0n) is 12.4. The summed E-state index contributed by atoms with van der Waals surface area (Å²) in [5.74, 6) is 1.13. The van der Waals surface area contributed by atoms with Crippen LogP contribution in [0, 0.1) is 11.7 Å². The third-order valence-electron chi connectivity index (χ3n) is 3.82. The number of halogens is 1. The lowest BCUT2D eigenvalue weighted by atomic mass is 10.0. The van der Waals surface area contributed by atoms with Crippen LogP contribution < -0.4 is 4.90 Å². The molecule has 0 aliphatic carbocycles. The minimum absolute atomic E-state index is 0.257. The molecule has 1 saturated heterocycles. The maximum Gasteiger partial charge on any atom is 0.140 e. The monoisotopic (exact) mass is 289 g/mol. The molecule has 1 unspecified atom stereocenters. The van der Waals surface area contributed by atoms with Gasteiger partial charge in [-0.25, -0.2) is 14.4 Å². The fourth-order valence-electron chi connectivity index (χ4n) is 2.92. The lowest BCUT2D eigenvalue weighted by Crippen LogP contribution is -2.46. The maximum absolute atomic E-state index is 13.6. The molecule has 0 amide bonds. The molecule has 2 aromatic rings. The average Bonchev–Trinajstić information content (AvgIpc) is 2.47. The molecule has 112 valence electrons. The van der Waals surface area contributed by atoms with Crippen LogP contribution in [0.3, 0.4) is 0 Å². The molecule has 1 aromatic carbocycles. The Morgan fingerprint density at radius 2 is 2.24 bits per heavy atom. The van der Waals surface area contributed by atoms with E-state index in [1.807, 2.05) is 0 Å². The molecule has 5 heteroatoms. The summed E-state index contributed by atoms with van der Waals surface area (Å²) < 4.78 is 19.2. The number of rotatable bonds is 3. The lowest BCUT2D eigenvalue weighted by molar-refractivity contribution is 0.0875. The summed E-state index contributed by atoms with van der Waals surface area (Å²) in [5, 5.41) is 0.771. The fraction of sp³-hybridized carbons (Fsp3) is 0.500. The Kier molecular flexibility index (Phi) is 4.01. The van der Waals surface area contributed by atoms with Gasteiger partial charge in [0, 0.05) is 11.9 Å². The van der Waals surface area contributed by atoms with Gasteiger partial charge in [-0.15, -0.1) is 0 Å². The van der Waals surface area contributed by atoms with Gasteiger partial charge in [0.1, 0.15) is 18.0 Å². The molecular weight excluding hydrogens is 269 g/mol. The van der Waals surface area contributed by atoms with E-state index < -0.39 is 0 Å². The third-order valence-corrected chi connectivity index (χ3v) is 3.82. The first kappa shape index (κ1) is 14.2. The zero-order chi connectivity index (χ0) is 14.8. The van der Waals surface area contributed by atoms with Crippen molar-refractivity contribution in [1.82, 2.24) is 9.97 Å². The van der Waals surface area contributed by atoms with Crippen LogP contribution in [-0.4, -0.2) is 35.8 Å². The van der Waals surface area contributed by atoms with Crippen LogP contribution in [0.2, 0.25) is 0 Å². The van der Waals surface area contributed by atoms with E-state index in [1.54, 1.807) is 12.4 Å². The zero-order valence-corrected chi connectivity index (χ0v) is 12.4. The SMILES string of the molecule is CC(C)CC1COCCN1c1ncnc2ccc(F)cc12. The predicted molar refractivity (Wildman–Crippen MR) is 80.9 cm³/mol. The highest BCUT2D eigenvalue weighted by Gasteiger charge is 2.26. The van der Waals surface area contributed by atoms with Crippen LogP contribution in [0.5, 0.6) is 0 Å². The van der Waals surface area contributed by atoms with Gasteiger partial charge in [0.25, 0.3) is 0 Å². The van der Waals surface area contributed by atoms with E-state index in [1.165, 1.54) is 12.1 Å². The minimum Gasteiger partial charge on any atom is -0.377 e. The highest BCUT2D eigenvalue weighted by Crippen LogP contribution is 2.28. The quantitative estimate of drug-likeness (QED) is 0.870. The van der Waals surface area contributed by atoms with E-state index in [-0.39, 0.29) is 11.9 Å². The van der Waals surface area contributed by atoms with Gasteiger partial charge in [-0.1, -0.05) is 13.8 Å². The molecule has 1 aliphatic heterocycles. The second-order valence-corrected chi connectivity index (χ2v) is 5.91. The van der Waals surface area contributed by atoms with E-state index in [0.717, 1.165) is 29.7 Å². The van der Waals surface area contributed by atoms with E-state index >= 15 is 0 Å². The van der Waals surface area contributed by atoms with Crippen molar-refractivity contribution >= 4 is 16.7 Å². The molecule has 3 rings (SSSR count). The van der Waals surface area contributed by atoms with Gasteiger partial charge in [-0.05, 0) is 30.5 Å². The highest BCUT2D eigenvalue weighted by molar-refractivity contribution is 5.89. The van der Waals surface area contributed by atoms with E-state index in [4.69, 9.17) is 4.74 Å². The number of morpholine rings is 1. The number of anilines is 1. The van der Waals surface area contributed by atoms with Crippen molar-refractivity contribution in [2.45, 2.75) is 26.3 Å². The average molecular weight is 289 g/mol. The summed E-state index contributed by atoms with van der Waals surface area (Å²) in [6.07, 6.45) is 2.58. The van der Waals surface area contributed by atoms with Gasteiger partial charge in [0.2, 0.25) is 0 Å². The third kappa shape index (κ3) is 2.97. The van der Waals surface area contributed by atoms with Gasteiger partial charge in [-0.2, -0.15) is 0 Å². The Balaban J connectivity index is 2.02. The molecule has 0 bridgehead atoms. The van der Waals surface area contributed by atoms with Crippen molar-refractivity contribution in [2.75, 3.05) is 24.7 Å².